The van der Waals surface area contributed by atoms with Crippen molar-refractivity contribution < 1.29 is 19.2 Å². The summed E-state index contributed by atoms with van der Waals surface area (Å²) < 4.78 is 10.4. The summed E-state index contributed by atoms with van der Waals surface area (Å²) in [4.78, 5) is 22.6. The van der Waals surface area contributed by atoms with Crippen LogP contribution in [0.1, 0.15) is 36.1 Å². The van der Waals surface area contributed by atoms with Crippen LogP contribution in [0.15, 0.2) is 36.4 Å². The fourth-order valence-corrected chi connectivity index (χ4v) is 2.69. The van der Waals surface area contributed by atoms with Crippen molar-refractivity contribution in [3.8, 4) is 11.5 Å². The molecule has 0 aliphatic rings. The molecule has 2 rings (SSSR count). The van der Waals surface area contributed by atoms with Gasteiger partial charge in [0.05, 0.1) is 18.1 Å². The van der Waals surface area contributed by atoms with Gasteiger partial charge in [0, 0.05) is 12.1 Å². The van der Waals surface area contributed by atoms with Crippen LogP contribution < -0.4 is 14.8 Å². The van der Waals surface area contributed by atoms with Crippen LogP contribution in [-0.4, -0.2) is 24.5 Å². The Morgan fingerprint density at radius 2 is 1.93 bits per heavy atom. The van der Waals surface area contributed by atoms with E-state index in [4.69, 9.17) is 9.47 Å². The van der Waals surface area contributed by atoms with Gasteiger partial charge >= 0.3 is 5.69 Å². The molecular formula is C20H24N2O5. The van der Waals surface area contributed by atoms with Crippen LogP contribution in [0.25, 0.3) is 0 Å². The highest BCUT2D eigenvalue weighted by atomic mass is 16.6. The Kier molecular flexibility index (Phi) is 6.76. The summed E-state index contributed by atoms with van der Waals surface area (Å²) in [6.45, 7) is 5.90. The van der Waals surface area contributed by atoms with E-state index < -0.39 is 4.92 Å². The minimum absolute atomic E-state index is 0.0828. The minimum Gasteiger partial charge on any atom is -0.490 e. The van der Waals surface area contributed by atoms with E-state index in [1.54, 1.807) is 0 Å². The molecule has 2 aromatic rings. The molecule has 0 aliphatic heterocycles. The van der Waals surface area contributed by atoms with Gasteiger partial charge in [-0.1, -0.05) is 25.1 Å². The van der Waals surface area contributed by atoms with Gasteiger partial charge in [-0.05, 0) is 43.0 Å². The predicted molar refractivity (Wildman–Crippen MR) is 102 cm³/mol. The van der Waals surface area contributed by atoms with E-state index in [-0.39, 0.29) is 30.0 Å². The van der Waals surface area contributed by atoms with E-state index >= 15 is 0 Å². The van der Waals surface area contributed by atoms with Gasteiger partial charge < -0.3 is 14.8 Å². The lowest BCUT2D eigenvalue weighted by Crippen LogP contribution is -2.32. The lowest BCUT2D eigenvalue weighted by Gasteiger charge is -2.19. The number of carbonyl (C=O) groups is 1. The number of rotatable bonds is 8. The second-order valence-electron chi connectivity index (χ2n) is 6.25. The number of hydrogen-bond donors (Lipinski definition) is 1. The molecule has 0 saturated carbocycles. The first-order valence-corrected chi connectivity index (χ1v) is 8.67. The topological polar surface area (TPSA) is 90.7 Å². The van der Waals surface area contributed by atoms with Gasteiger partial charge in [-0.15, -0.1) is 0 Å². The van der Waals surface area contributed by atoms with Crippen molar-refractivity contribution >= 4 is 11.6 Å². The monoisotopic (exact) mass is 372 g/mol. The standard InChI is InChI=1S/C20H24N2O5/c1-5-17(15-7-6-13(2)14(3)10-15)21-20(23)12-27-16-8-9-18(22(24)25)19(11-16)26-4/h6-11,17H,5,12H2,1-4H3,(H,21,23)/t17-/m0/s1. The van der Waals surface area contributed by atoms with Crippen molar-refractivity contribution in [1.29, 1.82) is 0 Å². The largest absolute Gasteiger partial charge is 0.490 e. The van der Waals surface area contributed by atoms with E-state index in [1.807, 2.05) is 32.9 Å². The number of hydrogen-bond acceptors (Lipinski definition) is 5. The fraction of sp³-hybridized carbons (Fsp3) is 0.350. The summed E-state index contributed by atoms with van der Waals surface area (Å²) in [5, 5.41) is 13.9. The SMILES string of the molecule is CC[C@H](NC(=O)COc1ccc([N+](=O)[O-])c(OC)c1)c1ccc(C)c(C)c1. The molecule has 0 saturated heterocycles. The molecule has 0 aliphatic carbocycles. The van der Waals surface area contributed by atoms with Crippen LogP contribution in [0, 0.1) is 24.0 Å². The smallest absolute Gasteiger partial charge is 0.311 e. The minimum atomic E-state index is -0.537. The van der Waals surface area contributed by atoms with Gasteiger partial charge in [-0.2, -0.15) is 0 Å². The number of carbonyl (C=O) groups excluding carboxylic acids is 1. The Morgan fingerprint density at radius 1 is 1.19 bits per heavy atom. The zero-order valence-corrected chi connectivity index (χ0v) is 15.9. The van der Waals surface area contributed by atoms with Crippen molar-refractivity contribution in [2.24, 2.45) is 0 Å². The highest BCUT2D eigenvalue weighted by Crippen LogP contribution is 2.30. The zero-order valence-electron chi connectivity index (χ0n) is 15.9. The van der Waals surface area contributed by atoms with Crippen molar-refractivity contribution in [1.82, 2.24) is 5.32 Å². The van der Waals surface area contributed by atoms with Gasteiger partial charge in [0.1, 0.15) is 5.75 Å². The summed E-state index contributed by atoms with van der Waals surface area (Å²) in [5.41, 5.74) is 3.27. The number of amides is 1. The highest BCUT2D eigenvalue weighted by Gasteiger charge is 2.17. The lowest BCUT2D eigenvalue weighted by molar-refractivity contribution is -0.385. The number of nitrogens with zero attached hydrogens (tertiary/aromatic N) is 1. The van der Waals surface area contributed by atoms with E-state index in [1.165, 1.54) is 36.4 Å². The molecule has 0 bridgehead atoms. The predicted octanol–water partition coefficient (Wildman–Crippen LogP) is 3.87. The third-order valence-corrected chi connectivity index (χ3v) is 4.39. The van der Waals surface area contributed by atoms with Crippen LogP contribution in [0.3, 0.4) is 0 Å². The van der Waals surface area contributed by atoms with Crippen LogP contribution in [0.5, 0.6) is 11.5 Å². The molecule has 1 N–H and O–H groups in total. The summed E-state index contributed by atoms with van der Waals surface area (Å²) in [6, 6.07) is 10.1. The molecule has 7 heteroatoms. The average Bonchev–Trinajstić information content (AvgIpc) is 2.66. The fourth-order valence-electron chi connectivity index (χ4n) is 2.69. The maximum Gasteiger partial charge on any atom is 0.311 e. The number of nitro groups is 1. The van der Waals surface area contributed by atoms with Gasteiger partial charge in [0.2, 0.25) is 5.75 Å². The number of methoxy groups -OCH3 is 1. The van der Waals surface area contributed by atoms with E-state index in [0.29, 0.717) is 5.75 Å². The second kappa shape index (κ2) is 9.02. The number of aryl methyl sites for hydroxylation is 2. The third kappa shape index (κ3) is 5.20. The van der Waals surface area contributed by atoms with E-state index in [2.05, 4.69) is 11.4 Å². The molecule has 1 amide bonds. The summed E-state index contributed by atoms with van der Waals surface area (Å²) in [6.07, 6.45) is 0.750. The third-order valence-electron chi connectivity index (χ3n) is 4.39. The maximum absolute atomic E-state index is 12.3. The molecule has 0 heterocycles. The molecule has 1 atom stereocenters. The van der Waals surface area contributed by atoms with E-state index in [9.17, 15) is 14.9 Å². The van der Waals surface area contributed by atoms with Crippen molar-refractivity contribution in [2.45, 2.75) is 33.2 Å². The summed E-state index contributed by atoms with van der Waals surface area (Å²) >= 11 is 0. The normalized spacial score (nSPS) is 11.6. The molecule has 2 aromatic carbocycles. The molecule has 0 aromatic heterocycles. The molecule has 0 spiro atoms. The van der Waals surface area contributed by atoms with Crippen molar-refractivity contribution in [3.05, 3.63) is 63.2 Å². The Morgan fingerprint density at radius 3 is 2.52 bits per heavy atom. The molecule has 0 fully saturated rings. The maximum atomic E-state index is 12.3. The van der Waals surface area contributed by atoms with Crippen molar-refractivity contribution in [2.75, 3.05) is 13.7 Å². The number of benzene rings is 2. The molecule has 0 radical (unpaired) electrons. The average molecular weight is 372 g/mol. The van der Waals surface area contributed by atoms with Crippen LogP contribution in [-0.2, 0) is 4.79 Å². The number of ether oxygens (including phenoxy) is 2. The summed E-state index contributed by atoms with van der Waals surface area (Å²) in [5.74, 6) is 0.142. The Balaban J connectivity index is 2.00. The zero-order chi connectivity index (χ0) is 20.0. The van der Waals surface area contributed by atoms with Crippen LogP contribution in [0.4, 0.5) is 5.69 Å². The van der Waals surface area contributed by atoms with Crippen molar-refractivity contribution in [3.63, 3.8) is 0 Å². The Labute approximate surface area is 158 Å². The lowest BCUT2D eigenvalue weighted by atomic mass is 9.99. The van der Waals surface area contributed by atoms with Gasteiger partial charge in [0.15, 0.2) is 6.61 Å². The molecule has 144 valence electrons. The first-order chi connectivity index (χ1) is 12.8. The summed E-state index contributed by atoms with van der Waals surface area (Å²) in [7, 11) is 1.34. The molecule has 7 nitrogen and oxygen atoms in total. The van der Waals surface area contributed by atoms with Gasteiger partial charge in [-0.25, -0.2) is 0 Å². The molecule has 0 unspecified atom stereocenters. The van der Waals surface area contributed by atoms with E-state index in [0.717, 1.165) is 12.0 Å². The highest BCUT2D eigenvalue weighted by molar-refractivity contribution is 5.78. The first-order valence-electron chi connectivity index (χ1n) is 8.67. The second-order valence-corrected chi connectivity index (χ2v) is 6.25. The number of nitrogens with one attached hydrogen (secondary N) is 1. The van der Waals surface area contributed by atoms with Gasteiger partial charge in [0.25, 0.3) is 5.91 Å². The van der Waals surface area contributed by atoms with Crippen LogP contribution in [0.2, 0.25) is 0 Å². The quantitative estimate of drug-likeness (QED) is 0.561. The number of nitro benzene ring substituents is 1. The Bertz CT molecular complexity index is 835. The Hall–Kier alpha value is -3.09. The first kappa shape index (κ1) is 20.2. The molecular weight excluding hydrogens is 348 g/mol. The van der Waals surface area contributed by atoms with Crippen LogP contribution >= 0.6 is 0 Å². The molecule has 27 heavy (non-hydrogen) atoms. The van der Waals surface area contributed by atoms with Gasteiger partial charge in [-0.3, -0.25) is 14.9 Å².